The van der Waals surface area contributed by atoms with Crippen LogP contribution in [0.15, 0.2) is 65.8 Å². The van der Waals surface area contributed by atoms with Crippen LogP contribution in [0.3, 0.4) is 0 Å². The van der Waals surface area contributed by atoms with Crippen LogP contribution in [-0.2, 0) is 6.61 Å². The van der Waals surface area contributed by atoms with Gasteiger partial charge in [-0.05, 0) is 77.1 Å². The van der Waals surface area contributed by atoms with Crippen LogP contribution >= 0.6 is 58.0 Å². The molecule has 1 aromatic heterocycles. The molecular weight excluding hydrogens is 606 g/mol. The molecule has 1 N–H and O–H groups in total. The Morgan fingerprint density at radius 3 is 2.62 bits per heavy atom. The summed E-state index contributed by atoms with van der Waals surface area (Å²) in [6.45, 7) is 2.74. The first kappa shape index (κ1) is 24.7. The number of nitrogens with zero attached hydrogens (tertiary/aromatic N) is 3. The van der Waals surface area contributed by atoms with Gasteiger partial charge < -0.3 is 9.47 Å². The molecule has 3 aromatic carbocycles. The van der Waals surface area contributed by atoms with Gasteiger partial charge in [0.2, 0.25) is 4.77 Å². The molecule has 10 heteroatoms. The predicted molar refractivity (Wildman–Crippen MR) is 147 cm³/mol. The van der Waals surface area contributed by atoms with E-state index >= 15 is 0 Å². The zero-order valence-electron chi connectivity index (χ0n) is 18.0. The fraction of sp³-hybridized carbons (Fsp3) is 0.125. The van der Waals surface area contributed by atoms with E-state index in [1.54, 1.807) is 23.0 Å². The Morgan fingerprint density at radius 2 is 1.88 bits per heavy atom. The molecule has 0 radical (unpaired) electrons. The van der Waals surface area contributed by atoms with Crippen LogP contribution in [0.1, 0.15) is 18.1 Å². The molecule has 0 fully saturated rings. The van der Waals surface area contributed by atoms with Crippen molar-refractivity contribution in [1.29, 1.82) is 0 Å². The Kier molecular flexibility index (Phi) is 8.25. The second kappa shape index (κ2) is 11.4. The minimum atomic E-state index is 0.324. The molecule has 1 heterocycles. The van der Waals surface area contributed by atoms with E-state index in [2.05, 4.69) is 37.9 Å². The number of rotatable bonds is 8. The van der Waals surface area contributed by atoms with E-state index in [-0.39, 0.29) is 0 Å². The molecule has 0 aliphatic carbocycles. The largest absolute Gasteiger partial charge is 0.490 e. The quantitative estimate of drug-likeness (QED) is 0.126. The van der Waals surface area contributed by atoms with E-state index in [1.165, 1.54) is 0 Å². The van der Waals surface area contributed by atoms with E-state index in [4.69, 9.17) is 44.9 Å². The molecule has 34 heavy (non-hydrogen) atoms. The molecule has 0 saturated heterocycles. The lowest BCUT2D eigenvalue weighted by molar-refractivity contribution is 0.267. The number of benzene rings is 3. The number of H-pyrrole nitrogens is 1. The van der Waals surface area contributed by atoms with Crippen molar-refractivity contribution in [3.05, 3.63) is 90.2 Å². The van der Waals surface area contributed by atoms with E-state index in [9.17, 15) is 0 Å². The molecule has 0 atom stereocenters. The standard InChI is InChI=1S/C24H19Cl2IN4O2S/c1-2-32-21-12-16(11-20(27)22(21)33-14-15-8-9-18(25)19(26)10-15)13-28-31-23(29-30-24(31)34)17-6-4-3-5-7-17/h3-13H,2,14H2,1H3,(H,30,34)/b28-13-. The van der Waals surface area contributed by atoms with Gasteiger partial charge in [0.05, 0.1) is 26.4 Å². The van der Waals surface area contributed by atoms with Crippen molar-refractivity contribution in [2.75, 3.05) is 6.61 Å². The maximum atomic E-state index is 6.12. The average molecular weight is 625 g/mol. The van der Waals surface area contributed by atoms with Crippen LogP contribution in [0.4, 0.5) is 0 Å². The molecule has 0 unspecified atom stereocenters. The predicted octanol–water partition coefficient (Wildman–Crippen LogP) is 7.38. The fourth-order valence-corrected chi connectivity index (χ4v) is 4.43. The zero-order chi connectivity index (χ0) is 24.1. The maximum absolute atomic E-state index is 6.12. The number of halogens is 3. The molecular formula is C24H19Cl2IN4O2S. The summed E-state index contributed by atoms with van der Waals surface area (Å²) in [5.41, 5.74) is 2.64. The Bertz CT molecular complexity index is 1390. The Morgan fingerprint density at radius 1 is 1.09 bits per heavy atom. The highest BCUT2D eigenvalue weighted by Crippen LogP contribution is 2.35. The van der Waals surface area contributed by atoms with Gasteiger partial charge in [0.1, 0.15) is 6.61 Å². The van der Waals surface area contributed by atoms with Crippen molar-refractivity contribution in [1.82, 2.24) is 14.9 Å². The van der Waals surface area contributed by atoms with Gasteiger partial charge in [-0.3, -0.25) is 0 Å². The third kappa shape index (κ3) is 5.80. The minimum absolute atomic E-state index is 0.324. The number of aromatic nitrogens is 3. The highest BCUT2D eigenvalue weighted by Gasteiger charge is 2.13. The fourth-order valence-electron chi connectivity index (χ4n) is 3.15. The van der Waals surface area contributed by atoms with Crippen molar-refractivity contribution < 1.29 is 9.47 Å². The highest BCUT2D eigenvalue weighted by molar-refractivity contribution is 14.1. The van der Waals surface area contributed by atoms with Crippen molar-refractivity contribution >= 4 is 64.2 Å². The topological polar surface area (TPSA) is 64.4 Å². The van der Waals surface area contributed by atoms with Crippen molar-refractivity contribution in [2.24, 2.45) is 5.10 Å². The van der Waals surface area contributed by atoms with Crippen LogP contribution in [-0.4, -0.2) is 27.7 Å². The third-order valence-electron chi connectivity index (χ3n) is 4.70. The molecule has 0 aliphatic rings. The van der Waals surface area contributed by atoms with Crippen LogP contribution < -0.4 is 9.47 Å². The van der Waals surface area contributed by atoms with Gasteiger partial charge in [0.25, 0.3) is 0 Å². The van der Waals surface area contributed by atoms with E-state index in [0.29, 0.717) is 45.4 Å². The molecule has 0 amide bonds. The minimum Gasteiger partial charge on any atom is -0.490 e. The van der Waals surface area contributed by atoms with Crippen molar-refractivity contribution in [2.45, 2.75) is 13.5 Å². The van der Waals surface area contributed by atoms with Crippen LogP contribution in [0.2, 0.25) is 10.0 Å². The zero-order valence-corrected chi connectivity index (χ0v) is 22.5. The lowest BCUT2D eigenvalue weighted by Crippen LogP contribution is -2.03. The second-order valence-corrected chi connectivity index (χ2v) is 9.44. The Labute approximate surface area is 225 Å². The van der Waals surface area contributed by atoms with Crippen LogP contribution in [0.25, 0.3) is 11.4 Å². The molecule has 174 valence electrons. The molecule has 0 spiro atoms. The average Bonchev–Trinajstić information content (AvgIpc) is 3.20. The number of aromatic amines is 1. The monoisotopic (exact) mass is 624 g/mol. The molecule has 4 rings (SSSR count). The highest BCUT2D eigenvalue weighted by atomic mass is 127. The first-order valence-corrected chi connectivity index (χ1v) is 12.5. The molecule has 0 saturated carbocycles. The van der Waals surface area contributed by atoms with E-state index in [0.717, 1.165) is 20.3 Å². The SMILES string of the molecule is CCOc1cc(/C=N\n2c(-c3ccccc3)n[nH]c2=S)cc(I)c1OCc1ccc(Cl)c(Cl)c1. The first-order chi connectivity index (χ1) is 16.5. The summed E-state index contributed by atoms with van der Waals surface area (Å²) in [7, 11) is 0. The smallest absolute Gasteiger partial charge is 0.216 e. The van der Waals surface area contributed by atoms with Gasteiger partial charge in [-0.1, -0.05) is 59.6 Å². The van der Waals surface area contributed by atoms with Crippen LogP contribution in [0, 0.1) is 8.34 Å². The van der Waals surface area contributed by atoms with Gasteiger partial charge in [-0.25, -0.2) is 5.10 Å². The summed E-state index contributed by atoms with van der Waals surface area (Å²) in [6.07, 6.45) is 1.71. The number of hydrogen-bond donors (Lipinski definition) is 1. The second-order valence-electron chi connectivity index (χ2n) is 7.07. The summed E-state index contributed by atoms with van der Waals surface area (Å²) in [6, 6.07) is 19.0. The molecule has 0 bridgehead atoms. The Balaban J connectivity index is 1.61. The van der Waals surface area contributed by atoms with Crippen molar-refractivity contribution in [3.63, 3.8) is 0 Å². The lowest BCUT2D eigenvalue weighted by Gasteiger charge is -2.15. The van der Waals surface area contributed by atoms with Gasteiger partial charge in [0, 0.05) is 5.56 Å². The third-order valence-corrected chi connectivity index (χ3v) is 6.51. The number of hydrogen-bond acceptors (Lipinski definition) is 5. The number of ether oxygens (including phenoxy) is 2. The Hall–Kier alpha value is -2.40. The summed E-state index contributed by atoms with van der Waals surface area (Å²) >= 11 is 19.7. The van der Waals surface area contributed by atoms with E-state index in [1.807, 2.05) is 55.5 Å². The van der Waals surface area contributed by atoms with E-state index < -0.39 is 0 Å². The first-order valence-electron chi connectivity index (χ1n) is 10.3. The van der Waals surface area contributed by atoms with Gasteiger partial charge in [0.15, 0.2) is 17.3 Å². The molecule has 6 nitrogen and oxygen atoms in total. The molecule has 4 aromatic rings. The molecule has 0 aliphatic heterocycles. The summed E-state index contributed by atoms with van der Waals surface area (Å²) in [4.78, 5) is 0. The van der Waals surface area contributed by atoms with Gasteiger partial charge >= 0.3 is 0 Å². The summed E-state index contributed by atoms with van der Waals surface area (Å²) in [5, 5.41) is 12.7. The van der Waals surface area contributed by atoms with Gasteiger partial charge in [-0.15, -0.1) is 0 Å². The van der Waals surface area contributed by atoms with Crippen LogP contribution in [0.5, 0.6) is 11.5 Å². The summed E-state index contributed by atoms with van der Waals surface area (Å²) in [5.74, 6) is 1.90. The summed E-state index contributed by atoms with van der Waals surface area (Å²) < 4.78 is 14.8. The number of nitrogens with one attached hydrogen (secondary N) is 1. The lowest BCUT2D eigenvalue weighted by atomic mass is 10.2. The van der Waals surface area contributed by atoms with Crippen molar-refractivity contribution in [3.8, 4) is 22.9 Å². The normalized spacial score (nSPS) is 11.2. The maximum Gasteiger partial charge on any atom is 0.216 e. The van der Waals surface area contributed by atoms with Gasteiger partial charge in [-0.2, -0.15) is 14.9 Å².